The fraction of sp³-hybridized carbons (Fsp3) is 0.440. The molecule has 170 valence electrons. The van der Waals surface area contributed by atoms with E-state index in [4.69, 9.17) is 0 Å². The van der Waals surface area contributed by atoms with Gasteiger partial charge in [-0.25, -0.2) is 4.39 Å². The van der Waals surface area contributed by atoms with E-state index in [2.05, 4.69) is 27.0 Å². The Morgan fingerprint density at radius 3 is 2.59 bits per heavy atom. The van der Waals surface area contributed by atoms with E-state index in [1.807, 2.05) is 13.8 Å². The summed E-state index contributed by atoms with van der Waals surface area (Å²) in [4.78, 5) is 33.2. The number of rotatable bonds is 7. The molecule has 32 heavy (non-hydrogen) atoms. The molecule has 4 rings (SSSR count). The number of aromatic nitrogens is 1. The fourth-order valence-electron chi connectivity index (χ4n) is 4.57. The van der Waals surface area contributed by atoms with E-state index in [1.165, 1.54) is 12.1 Å². The van der Waals surface area contributed by atoms with Crippen LogP contribution in [0.15, 0.2) is 18.2 Å². The first-order valence-electron chi connectivity index (χ1n) is 11.3. The van der Waals surface area contributed by atoms with Gasteiger partial charge < -0.3 is 20.1 Å². The summed E-state index contributed by atoms with van der Waals surface area (Å²) in [5.41, 5.74) is 5.24. The van der Waals surface area contributed by atoms with E-state index < -0.39 is 0 Å². The molecule has 1 amide bonds. The van der Waals surface area contributed by atoms with Crippen LogP contribution in [0.2, 0.25) is 0 Å². The average molecular weight is 439 g/mol. The zero-order chi connectivity index (χ0) is 22.8. The van der Waals surface area contributed by atoms with E-state index in [9.17, 15) is 14.0 Å². The molecular weight excluding hydrogens is 407 g/mol. The molecule has 3 heterocycles. The number of nitrogens with zero attached hydrogens (tertiary/aromatic N) is 2. The monoisotopic (exact) mass is 438 g/mol. The summed E-state index contributed by atoms with van der Waals surface area (Å²) in [5.74, 6) is -0.413. The maximum atomic E-state index is 13.7. The van der Waals surface area contributed by atoms with E-state index >= 15 is 0 Å². The quantitative estimate of drug-likeness (QED) is 0.650. The lowest BCUT2D eigenvalue weighted by Gasteiger charge is -2.33. The average Bonchev–Trinajstić information content (AvgIpc) is 3.23. The first kappa shape index (κ1) is 22.4. The van der Waals surface area contributed by atoms with Crippen LogP contribution in [0.4, 0.5) is 10.1 Å². The number of aromatic amines is 1. The Morgan fingerprint density at radius 2 is 1.88 bits per heavy atom. The van der Waals surface area contributed by atoms with Gasteiger partial charge in [0, 0.05) is 68.2 Å². The van der Waals surface area contributed by atoms with Crippen molar-refractivity contribution in [1.29, 1.82) is 0 Å². The fourth-order valence-corrected chi connectivity index (χ4v) is 4.57. The second-order valence-corrected chi connectivity index (χ2v) is 8.71. The number of carbonyl (C=O) groups is 2. The molecule has 0 unspecified atom stereocenters. The molecule has 2 aliphatic heterocycles. The number of hydrogen-bond acceptors (Lipinski definition) is 4. The summed E-state index contributed by atoms with van der Waals surface area (Å²) in [7, 11) is 0. The van der Waals surface area contributed by atoms with E-state index in [0.29, 0.717) is 29.7 Å². The number of anilines is 1. The third-order valence-corrected chi connectivity index (χ3v) is 6.68. The number of aryl methyl sites for hydroxylation is 1. The van der Waals surface area contributed by atoms with Crippen LogP contribution in [-0.2, 0) is 16.0 Å². The molecule has 2 aliphatic rings. The smallest absolute Gasteiger partial charge is 0.256 e. The zero-order valence-corrected chi connectivity index (χ0v) is 19.1. The van der Waals surface area contributed by atoms with Crippen LogP contribution in [0.25, 0.3) is 11.6 Å². The van der Waals surface area contributed by atoms with Gasteiger partial charge in [-0.2, -0.15) is 0 Å². The standard InChI is InChI=1S/C25H31FN4O2/c1-4-29-9-11-30(12-10-29)8-7-19(31)14-20-16(2)24(27-17(20)3)15-22-21-13-18(26)5-6-23(21)28-25(22)32/h5-6,13,15,27H,4,7-12,14H2,1-3H3,(H,28,32)/b22-15-. The number of H-pyrrole nitrogens is 1. The van der Waals surface area contributed by atoms with Crippen LogP contribution in [0.3, 0.4) is 0 Å². The predicted octanol–water partition coefficient (Wildman–Crippen LogP) is 3.40. The van der Waals surface area contributed by atoms with Crippen LogP contribution in [0.5, 0.6) is 0 Å². The second kappa shape index (κ2) is 9.38. The third kappa shape index (κ3) is 4.69. The van der Waals surface area contributed by atoms with Crippen molar-refractivity contribution in [2.24, 2.45) is 0 Å². The Balaban J connectivity index is 1.44. The van der Waals surface area contributed by atoms with Crippen LogP contribution in [0.1, 0.15) is 41.4 Å². The highest BCUT2D eigenvalue weighted by Crippen LogP contribution is 2.34. The van der Waals surface area contributed by atoms with Gasteiger partial charge in [-0.05, 0) is 55.8 Å². The van der Waals surface area contributed by atoms with Crippen molar-refractivity contribution in [3.63, 3.8) is 0 Å². The van der Waals surface area contributed by atoms with Crippen LogP contribution >= 0.6 is 0 Å². The van der Waals surface area contributed by atoms with Gasteiger partial charge in [-0.1, -0.05) is 6.92 Å². The number of fused-ring (bicyclic) bond motifs is 1. The van der Waals surface area contributed by atoms with Crippen molar-refractivity contribution < 1.29 is 14.0 Å². The first-order valence-corrected chi connectivity index (χ1v) is 11.3. The maximum Gasteiger partial charge on any atom is 0.256 e. The lowest BCUT2D eigenvalue weighted by Crippen LogP contribution is -2.46. The van der Waals surface area contributed by atoms with Gasteiger partial charge >= 0.3 is 0 Å². The molecule has 0 aliphatic carbocycles. The van der Waals surface area contributed by atoms with Crippen molar-refractivity contribution >= 4 is 29.0 Å². The molecule has 0 bridgehead atoms. The highest BCUT2D eigenvalue weighted by atomic mass is 19.1. The summed E-state index contributed by atoms with van der Waals surface area (Å²) < 4.78 is 13.7. The number of piperazine rings is 1. The number of likely N-dealkylation sites (N-methyl/N-ethyl adjacent to an activating group) is 1. The molecule has 6 nitrogen and oxygen atoms in total. The highest BCUT2D eigenvalue weighted by Gasteiger charge is 2.25. The lowest BCUT2D eigenvalue weighted by atomic mass is 10.0. The number of Topliss-reactive ketones (excluding diaryl/α,β-unsaturated/α-hetero) is 1. The van der Waals surface area contributed by atoms with Gasteiger partial charge in [0.05, 0.1) is 5.57 Å². The molecule has 2 aromatic rings. The Bertz CT molecular complexity index is 1060. The maximum absolute atomic E-state index is 13.7. The highest BCUT2D eigenvalue weighted by molar-refractivity contribution is 6.34. The summed E-state index contributed by atoms with van der Waals surface area (Å²) in [6.07, 6.45) is 2.68. The topological polar surface area (TPSA) is 68.4 Å². The molecule has 2 N–H and O–H groups in total. The number of ketones is 1. The van der Waals surface area contributed by atoms with Gasteiger partial charge in [0.25, 0.3) is 5.91 Å². The van der Waals surface area contributed by atoms with Crippen molar-refractivity contribution in [1.82, 2.24) is 14.8 Å². The number of carbonyl (C=O) groups excluding carboxylic acids is 2. The molecule has 1 fully saturated rings. The molecule has 0 radical (unpaired) electrons. The minimum Gasteiger partial charge on any atom is -0.359 e. The Hall–Kier alpha value is -2.77. The molecule has 1 saturated heterocycles. The van der Waals surface area contributed by atoms with Gasteiger partial charge in [-0.15, -0.1) is 0 Å². The predicted molar refractivity (Wildman–Crippen MR) is 125 cm³/mol. The normalized spacial score (nSPS) is 18.2. The van der Waals surface area contributed by atoms with Gasteiger partial charge in [0.2, 0.25) is 0 Å². The third-order valence-electron chi connectivity index (χ3n) is 6.68. The van der Waals surface area contributed by atoms with Crippen molar-refractivity contribution in [3.8, 4) is 0 Å². The lowest BCUT2D eigenvalue weighted by molar-refractivity contribution is -0.118. The molecule has 0 saturated carbocycles. The Labute approximate surface area is 188 Å². The number of amides is 1. The van der Waals surface area contributed by atoms with E-state index in [0.717, 1.165) is 61.8 Å². The molecule has 1 aromatic carbocycles. The van der Waals surface area contributed by atoms with Crippen LogP contribution in [0, 0.1) is 19.7 Å². The summed E-state index contributed by atoms with van der Waals surface area (Å²) in [6, 6.07) is 4.27. The summed E-state index contributed by atoms with van der Waals surface area (Å²) in [5, 5.41) is 2.77. The Morgan fingerprint density at radius 1 is 1.16 bits per heavy atom. The Kier molecular flexibility index (Phi) is 6.58. The van der Waals surface area contributed by atoms with Gasteiger partial charge in [-0.3, -0.25) is 9.59 Å². The number of hydrogen-bond donors (Lipinski definition) is 2. The molecule has 0 atom stereocenters. The first-order chi connectivity index (χ1) is 15.4. The minimum atomic E-state index is -0.382. The van der Waals surface area contributed by atoms with Crippen molar-refractivity contribution in [3.05, 3.63) is 52.1 Å². The largest absolute Gasteiger partial charge is 0.359 e. The molecule has 7 heteroatoms. The summed E-state index contributed by atoms with van der Waals surface area (Å²) in [6.45, 7) is 12.2. The van der Waals surface area contributed by atoms with E-state index in [1.54, 1.807) is 12.1 Å². The van der Waals surface area contributed by atoms with Crippen molar-refractivity contribution in [2.45, 2.75) is 33.6 Å². The van der Waals surface area contributed by atoms with E-state index in [-0.39, 0.29) is 17.5 Å². The number of benzene rings is 1. The molecular formula is C25H31FN4O2. The molecule has 1 aromatic heterocycles. The number of halogens is 1. The van der Waals surface area contributed by atoms with Gasteiger partial charge in [0.15, 0.2) is 0 Å². The van der Waals surface area contributed by atoms with Gasteiger partial charge in [0.1, 0.15) is 11.6 Å². The zero-order valence-electron chi connectivity index (χ0n) is 19.1. The number of nitrogens with one attached hydrogen (secondary N) is 2. The summed E-state index contributed by atoms with van der Waals surface area (Å²) >= 11 is 0. The second-order valence-electron chi connectivity index (χ2n) is 8.71. The molecule has 0 spiro atoms. The van der Waals surface area contributed by atoms with Crippen molar-refractivity contribution in [2.75, 3.05) is 44.6 Å². The van der Waals surface area contributed by atoms with Crippen LogP contribution < -0.4 is 5.32 Å². The minimum absolute atomic E-state index is 0.221. The SMILES string of the molecule is CCN1CCN(CCC(=O)Cc2c(C)[nH]c(/C=C3\C(=O)Nc4ccc(F)cc43)c2C)CC1. The van der Waals surface area contributed by atoms with Crippen LogP contribution in [-0.4, -0.2) is 65.7 Å².